The van der Waals surface area contributed by atoms with Gasteiger partial charge in [-0.05, 0) is 49.4 Å². The zero-order valence-corrected chi connectivity index (χ0v) is 10.9. The van der Waals surface area contributed by atoms with Gasteiger partial charge in [0, 0.05) is 17.0 Å². The third kappa shape index (κ3) is 1.76. The Morgan fingerprint density at radius 3 is 2.44 bits per heavy atom. The summed E-state index contributed by atoms with van der Waals surface area (Å²) in [5, 5.41) is 0.875. The summed E-state index contributed by atoms with van der Waals surface area (Å²) < 4.78 is 0. The molecule has 0 amide bonds. The molecule has 0 heterocycles. The van der Waals surface area contributed by atoms with Crippen molar-refractivity contribution in [1.82, 2.24) is 0 Å². The van der Waals surface area contributed by atoms with Gasteiger partial charge in [0.1, 0.15) is 0 Å². The first-order valence-electron chi connectivity index (χ1n) is 6.07. The van der Waals surface area contributed by atoms with E-state index < -0.39 is 0 Å². The monoisotopic (exact) mass is 237 g/mol. The van der Waals surface area contributed by atoms with E-state index in [4.69, 9.17) is 17.3 Å². The average molecular weight is 238 g/mol. The molecule has 0 aromatic heterocycles. The predicted octanol–water partition coefficient (Wildman–Crippen LogP) is 3.73. The smallest absolute Gasteiger partial charge is 0.0438 e. The Balaban J connectivity index is 2.57. The summed E-state index contributed by atoms with van der Waals surface area (Å²) in [5.74, 6) is 0. The molecule has 0 bridgehead atoms. The Bertz CT molecular complexity index is 392. The molecule has 1 saturated carbocycles. The second kappa shape index (κ2) is 4.38. The molecule has 2 rings (SSSR count). The molecule has 1 aliphatic carbocycles. The van der Waals surface area contributed by atoms with Gasteiger partial charge in [-0.1, -0.05) is 30.5 Å². The maximum Gasteiger partial charge on any atom is 0.0438 e. The SMILES string of the molecule is Cc1ccc(Cl)c(C)c1C1(CN)CCCC1. The summed E-state index contributed by atoms with van der Waals surface area (Å²) in [7, 11) is 0. The standard InChI is InChI=1S/C14H20ClN/c1-10-5-6-12(15)11(2)13(10)14(9-16)7-3-4-8-14/h5-6H,3-4,7-9,16H2,1-2H3. The Labute approximate surface area is 103 Å². The van der Waals surface area contributed by atoms with Crippen LogP contribution in [0.4, 0.5) is 0 Å². The summed E-state index contributed by atoms with van der Waals surface area (Å²) in [6.07, 6.45) is 5.02. The Morgan fingerprint density at radius 2 is 1.88 bits per heavy atom. The normalized spacial score (nSPS) is 19.0. The van der Waals surface area contributed by atoms with Gasteiger partial charge in [-0.15, -0.1) is 0 Å². The van der Waals surface area contributed by atoms with Crippen molar-refractivity contribution in [2.75, 3.05) is 6.54 Å². The highest BCUT2D eigenvalue weighted by Crippen LogP contribution is 2.44. The third-order valence-corrected chi connectivity index (χ3v) is 4.50. The van der Waals surface area contributed by atoms with E-state index in [1.165, 1.54) is 42.4 Å². The maximum atomic E-state index is 6.24. The molecule has 0 radical (unpaired) electrons. The topological polar surface area (TPSA) is 26.0 Å². The summed E-state index contributed by atoms with van der Waals surface area (Å²) in [6, 6.07) is 4.12. The van der Waals surface area contributed by atoms with Crippen LogP contribution in [0.15, 0.2) is 12.1 Å². The number of hydrogen-bond donors (Lipinski definition) is 1. The van der Waals surface area contributed by atoms with E-state index in [0.29, 0.717) is 0 Å². The summed E-state index contributed by atoms with van der Waals surface area (Å²) in [5.41, 5.74) is 10.2. The second-order valence-electron chi connectivity index (χ2n) is 5.06. The molecule has 0 unspecified atom stereocenters. The highest BCUT2D eigenvalue weighted by molar-refractivity contribution is 6.31. The van der Waals surface area contributed by atoms with Gasteiger partial charge in [-0.2, -0.15) is 0 Å². The van der Waals surface area contributed by atoms with Crippen LogP contribution in [0.3, 0.4) is 0 Å². The fourth-order valence-electron chi connectivity index (χ4n) is 3.25. The Kier molecular flexibility index (Phi) is 3.27. The zero-order chi connectivity index (χ0) is 11.8. The fraction of sp³-hybridized carbons (Fsp3) is 0.571. The van der Waals surface area contributed by atoms with Crippen LogP contribution < -0.4 is 5.73 Å². The van der Waals surface area contributed by atoms with E-state index in [2.05, 4.69) is 19.9 Å². The quantitative estimate of drug-likeness (QED) is 0.834. The first-order valence-corrected chi connectivity index (χ1v) is 6.45. The Hall–Kier alpha value is -0.530. The molecule has 88 valence electrons. The lowest BCUT2D eigenvalue weighted by molar-refractivity contribution is 0.448. The van der Waals surface area contributed by atoms with Gasteiger partial charge in [0.05, 0.1) is 0 Å². The molecule has 1 fully saturated rings. The zero-order valence-electron chi connectivity index (χ0n) is 10.1. The molecule has 0 atom stereocenters. The van der Waals surface area contributed by atoms with Gasteiger partial charge in [0.2, 0.25) is 0 Å². The van der Waals surface area contributed by atoms with E-state index in [-0.39, 0.29) is 5.41 Å². The number of halogens is 1. The number of nitrogens with two attached hydrogens (primary N) is 1. The molecular weight excluding hydrogens is 218 g/mol. The van der Waals surface area contributed by atoms with E-state index in [1.54, 1.807) is 0 Å². The first kappa shape index (κ1) is 11.9. The molecule has 0 spiro atoms. The fourth-order valence-corrected chi connectivity index (χ4v) is 3.40. The van der Waals surface area contributed by atoms with Crippen molar-refractivity contribution >= 4 is 11.6 Å². The Morgan fingerprint density at radius 1 is 1.25 bits per heavy atom. The lowest BCUT2D eigenvalue weighted by atomic mass is 9.75. The lowest BCUT2D eigenvalue weighted by Gasteiger charge is -2.31. The molecule has 1 aromatic carbocycles. The van der Waals surface area contributed by atoms with Crippen molar-refractivity contribution in [2.24, 2.45) is 5.73 Å². The summed E-state index contributed by atoms with van der Waals surface area (Å²) in [6.45, 7) is 5.05. The van der Waals surface area contributed by atoms with Crippen LogP contribution in [0.1, 0.15) is 42.4 Å². The maximum absolute atomic E-state index is 6.24. The molecule has 2 heteroatoms. The summed E-state index contributed by atoms with van der Waals surface area (Å²) in [4.78, 5) is 0. The van der Waals surface area contributed by atoms with Gasteiger partial charge in [-0.3, -0.25) is 0 Å². The van der Waals surface area contributed by atoms with Gasteiger partial charge < -0.3 is 5.73 Å². The van der Waals surface area contributed by atoms with E-state index >= 15 is 0 Å². The predicted molar refractivity (Wildman–Crippen MR) is 70.1 cm³/mol. The number of benzene rings is 1. The molecule has 16 heavy (non-hydrogen) atoms. The van der Waals surface area contributed by atoms with Crippen LogP contribution in [-0.4, -0.2) is 6.54 Å². The highest BCUT2D eigenvalue weighted by Gasteiger charge is 2.36. The van der Waals surface area contributed by atoms with E-state index in [1.807, 2.05) is 6.07 Å². The largest absolute Gasteiger partial charge is 0.330 e. The van der Waals surface area contributed by atoms with E-state index in [0.717, 1.165) is 11.6 Å². The van der Waals surface area contributed by atoms with Crippen LogP contribution in [0.25, 0.3) is 0 Å². The van der Waals surface area contributed by atoms with Crippen molar-refractivity contribution in [3.05, 3.63) is 33.8 Å². The van der Waals surface area contributed by atoms with Crippen LogP contribution in [0.2, 0.25) is 5.02 Å². The molecule has 1 aromatic rings. The molecule has 1 aliphatic rings. The van der Waals surface area contributed by atoms with Crippen molar-refractivity contribution in [1.29, 1.82) is 0 Å². The number of rotatable bonds is 2. The third-order valence-electron chi connectivity index (χ3n) is 4.09. The number of hydrogen-bond acceptors (Lipinski definition) is 1. The summed E-state index contributed by atoms with van der Waals surface area (Å²) >= 11 is 6.24. The van der Waals surface area contributed by atoms with E-state index in [9.17, 15) is 0 Å². The van der Waals surface area contributed by atoms with Crippen molar-refractivity contribution in [2.45, 2.75) is 44.9 Å². The van der Waals surface area contributed by atoms with Crippen LogP contribution in [-0.2, 0) is 5.41 Å². The molecular formula is C14H20ClN. The van der Waals surface area contributed by atoms with Crippen molar-refractivity contribution in [3.63, 3.8) is 0 Å². The van der Waals surface area contributed by atoms with Crippen LogP contribution >= 0.6 is 11.6 Å². The van der Waals surface area contributed by atoms with Gasteiger partial charge >= 0.3 is 0 Å². The number of aryl methyl sites for hydroxylation is 1. The molecule has 2 N–H and O–H groups in total. The van der Waals surface area contributed by atoms with Gasteiger partial charge in [-0.25, -0.2) is 0 Å². The second-order valence-corrected chi connectivity index (χ2v) is 5.46. The molecule has 1 nitrogen and oxygen atoms in total. The highest BCUT2D eigenvalue weighted by atomic mass is 35.5. The van der Waals surface area contributed by atoms with Crippen LogP contribution in [0, 0.1) is 13.8 Å². The van der Waals surface area contributed by atoms with Crippen LogP contribution in [0.5, 0.6) is 0 Å². The van der Waals surface area contributed by atoms with Gasteiger partial charge in [0.25, 0.3) is 0 Å². The minimum absolute atomic E-state index is 0.194. The molecule has 0 aliphatic heterocycles. The molecule has 0 saturated heterocycles. The minimum Gasteiger partial charge on any atom is -0.330 e. The van der Waals surface area contributed by atoms with Crippen molar-refractivity contribution in [3.8, 4) is 0 Å². The average Bonchev–Trinajstić information content (AvgIpc) is 2.74. The van der Waals surface area contributed by atoms with Crippen molar-refractivity contribution < 1.29 is 0 Å². The first-order chi connectivity index (χ1) is 7.60. The van der Waals surface area contributed by atoms with Gasteiger partial charge in [0.15, 0.2) is 0 Å². The minimum atomic E-state index is 0.194. The lowest BCUT2D eigenvalue weighted by Crippen LogP contribution is -2.33.